The van der Waals surface area contributed by atoms with Gasteiger partial charge in [-0.1, -0.05) is 6.08 Å². The number of carboxylic acid groups (broad SMARTS) is 1. The van der Waals surface area contributed by atoms with Gasteiger partial charge in [0.25, 0.3) is 0 Å². The fraction of sp³-hybridized carbons (Fsp3) is 0.571. The zero-order valence-electron chi connectivity index (χ0n) is 5.62. The molecule has 1 aliphatic heterocycles. The topological polar surface area (TPSA) is 49.8 Å². The van der Waals surface area contributed by atoms with E-state index in [4.69, 9.17) is 9.84 Å². The van der Waals surface area contributed by atoms with Crippen molar-refractivity contribution in [2.45, 2.75) is 25.0 Å². The molecule has 0 aromatic rings. The van der Waals surface area contributed by atoms with E-state index >= 15 is 0 Å². The Bertz CT molecular complexity index is 153. The van der Waals surface area contributed by atoms with Gasteiger partial charge in [-0.15, -0.1) is 6.58 Å². The van der Waals surface area contributed by atoms with Gasteiger partial charge in [0, 0.05) is 0 Å². The maximum absolute atomic E-state index is 10.2. The molecule has 1 fully saturated rings. The molecule has 0 bridgehead atoms. The van der Waals surface area contributed by atoms with Crippen molar-refractivity contribution in [1.29, 1.82) is 0 Å². The smallest absolute Gasteiger partial charge is 0.335 e. The molecule has 1 heterocycles. The minimum absolute atomic E-state index is 0.0597. The van der Waals surface area contributed by atoms with Gasteiger partial charge in [0.15, 0.2) is 6.10 Å². The van der Waals surface area contributed by atoms with Crippen molar-refractivity contribution in [3.8, 4) is 0 Å². The maximum atomic E-state index is 10.2. The molecule has 0 aliphatic carbocycles. The van der Waals surface area contributed by atoms with E-state index in [1.54, 1.807) is 6.08 Å². The van der Waals surface area contributed by atoms with Gasteiger partial charge >= 0.3 is 5.97 Å². The lowest BCUT2D eigenvalue weighted by molar-refractivity contribution is -0.138. The summed E-state index contributed by atoms with van der Waals surface area (Å²) < 4.78 is 4.83. The number of carbonyl (C=O) groups is 1. The molecule has 2 atom stereocenters. The SMILES string of the molecule is C=CCCC1OC1C(=O)O. The normalized spacial score (nSPS) is 29.6. The summed E-state index contributed by atoms with van der Waals surface area (Å²) in [6.07, 6.45) is 2.77. The molecule has 0 saturated carbocycles. The molecule has 10 heavy (non-hydrogen) atoms. The van der Waals surface area contributed by atoms with Crippen molar-refractivity contribution in [2.75, 3.05) is 0 Å². The van der Waals surface area contributed by atoms with Crippen LogP contribution in [0.25, 0.3) is 0 Å². The summed E-state index contributed by atoms with van der Waals surface area (Å²) >= 11 is 0. The Morgan fingerprint density at radius 2 is 2.50 bits per heavy atom. The summed E-state index contributed by atoms with van der Waals surface area (Å²) in [6.45, 7) is 3.53. The molecule has 0 amide bonds. The molecule has 1 rings (SSSR count). The van der Waals surface area contributed by atoms with Crippen LogP contribution < -0.4 is 0 Å². The van der Waals surface area contributed by atoms with Crippen LogP contribution >= 0.6 is 0 Å². The summed E-state index contributed by atoms with van der Waals surface area (Å²) in [5.74, 6) is -0.853. The first-order chi connectivity index (χ1) is 4.75. The predicted molar refractivity (Wildman–Crippen MR) is 35.7 cm³/mol. The van der Waals surface area contributed by atoms with E-state index in [1.807, 2.05) is 0 Å². The molecule has 56 valence electrons. The Labute approximate surface area is 59.3 Å². The fourth-order valence-corrected chi connectivity index (χ4v) is 0.862. The third-order valence-corrected chi connectivity index (χ3v) is 1.48. The highest BCUT2D eigenvalue weighted by atomic mass is 16.6. The van der Waals surface area contributed by atoms with Crippen LogP contribution in [-0.4, -0.2) is 23.3 Å². The average Bonchev–Trinajstić information content (AvgIpc) is 2.62. The van der Waals surface area contributed by atoms with Crippen molar-refractivity contribution < 1.29 is 14.6 Å². The lowest BCUT2D eigenvalue weighted by Gasteiger charge is -1.85. The van der Waals surface area contributed by atoms with Crippen molar-refractivity contribution in [3.63, 3.8) is 0 Å². The largest absolute Gasteiger partial charge is 0.479 e. The van der Waals surface area contributed by atoms with Gasteiger partial charge in [-0.05, 0) is 12.8 Å². The molecule has 0 aromatic heterocycles. The molecule has 3 heteroatoms. The van der Waals surface area contributed by atoms with Crippen molar-refractivity contribution in [3.05, 3.63) is 12.7 Å². The number of rotatable bonds is 4. The van der Waals surface area contributed by atoms with Gasteiger partial charge in [-0.25, -0.2) is 4.79 Å². The monoisotopic (exact) mass is 142 g/mol. The molecule has 0 spiro atoms. The summed E-state index contributed by atoms with van der Waals surface area (Å²) in [7, 11) is 0. The van der Waals surface area contributed by atoms with E-state index in [9.17, 15) is 4.79 Å². The van der Waals surface area contributed by atoms with E-state index in [0.29, 0.717) is 0 Å². The molecule has 0 radical (unpaired) electrons. The van der Waals surface area contributed by atoms with Crippen LogP contribution in [-0.2, 0) is 9.53 Å². The second-order valence-electron chi connectivity index (χ2n) is 2.30. The number of allylic oxidation sites excluding steroid dienone is 1. The number of hydrogen-bond donors (Lipinski definition) is 1. The molecule has 2 unspecified atom stereocenters. The number of hydrogen-bond acceptors (Lipinski definition) is 2. The van der Waals surface area contributed by atoms with Crippen LogP contribution in [0, 0.1) is 0 Å². The van der Waals surface area contributed by atoms with E-state index < -0.39 is 12.1 Å². The third kappa shape index (κ3) is 1.57. The highest BCUT2D eigenvalue weighted by Crippen LogP contribution is 2.26. The minimum atomic E-state index is -0.853. The zero-order valence-corrected chi connectivity index (χ0v) is 5.62. The number of carboxylic acids is 1. The second-order valence-corrected chi connectivity index (χ2v) is 2.30. The van der Waals surface area contributed by atoms with Crippen LogP contribution in [0.1, 0.15) is 12.8 Å². The van der Waals surface area contributed by atoms with Crippen molar-refractivity contribution in [2.24, 2.45) is 0 Å². The first-order valence-electron chi connectivity index (χ1n) is 3.25. The Morgan fingerprint density at radius 3 is 2.90 bits per heavy atom. The molecule has 3 nitrogen and oxygen atoms in total. The maximum Gasteiger partial charge on any atom is 0.335 e. The highest BCUT2D eigenvalue weighted by Gasteiger charge is 2.44. The van der Waals surface area contributed by atoms with E-state index in [1.165, 1.54) is 0 Å². The van der Waals surface area contributed by atoms with Crippen LogP contribution in [0.3, 0.4) is 0 Å². The number of ether oxygens (including phenoxy) is 1. The molecule has 1 saturated heterocycles. The Balaban J connectivity index is 2.13. The summed E-state index contributed by atoms with van der Waals surface area (Å²) in [5.41, 5.74) is 0. The lowest BCUT2D eigenvalue weighted by Crippen LogP contribution is -2.07. The Hall–Kier alpha value is -0.830. The Morgan fingerprint density at radius 1 is 1.80 bits per heavy atom. The molecular formula is C7H10O3. The molecule has 0 aromatic carbocycles. The van der Waals surface area contributed by atoms with Gasteiger partial charge in [0.2, 0.25) is 0 Å². The standard InChI is InChI=1S/C7H10O3/c1-2-3-4-5-6(10-5)7(8)9/h2,5-6H,1,3-4H2,(H,8,9). The minimum Gasteiger partial charge on any atom is -0.479 e. The van der Waals surface area contributed by atoms with Crippen LogP contribution in [0.2, 0.25) is 0 Å². The van der Waals surface area contributed by atoms with Crippen molar-refractivity contribution >= 4 is 5.97 Å². The van der Waals surface area contributed by atoms with Gasteiger partial charge in [0.05, 0.1) is 6.10 Å². The van der Waals surface area contributed by atoms with Gasteiger partial charge in [-0.2, -0.15) is 0 Å². The van der Waals surface area contributed by atoms with Crippen LogP contribution in [0.4, 0.5) is 0 Å². The first kappa shape index (κ1) is 7.28. The first-order valence-corrected chi connectivity index (χ1v) is 3.25. The third-order valence-electron chi connectivity index (χ3n) is 1.48. The van der Waals surface area contributed by atoms with E-state index in [0.717, 1.165) is 12.8 Å². The van der Waals surface area contributed by atoms with Gasteiger partial charge in [-0.3, -0.25) is 0 Å². The number of aliphatic carboxylic acids is 1. The Kier molecular flexibility index (Phi) is 2.06. The average molecular weight is 142 g/mol. The molecule has 1 aliphatic rings. The van der Waals surface area contributed by atoms with Gasteiger partial charge in [0.1, 0.15) is 0 Å². The van der Waals surface area contributed by atoms with Crippen molar-refractivity contribution in [1.82, 2.24) is 0 Å². The predicted octanol–water partition coefficient (Wildman–Crippen LogP) is 0.805. The lowest BCUT2D eigenvalue weighted by atomic mass is 10.2. The fourth-order valence-electron chi connectivity index (χ4n) is 0.862. The van der Waals surface area contributed by atoms with Crippen LogP contribution in [0.15, 0.2) is 12.7 Å². The summed E-state index contributed by atoms with van der Waals surface area (Å²) in [4.78, 5) is 10.2. The molecular weight excluding hydrogens is 132 g/mol. The summed E-state index contributed by atoms with van der Waals surface area (Å²) in [5, 5.41) is 8.37. The van der Waals surface area contributed by atoms with Gasteiger partial charge < -0.3 is 9.84 Å². The van der Waals surface area contributed by atoms with Crippen LogP contribution in [0.5, 0.6) is 0 Å². The molecule has 1 N–H and O–H groups in total. The number of epoxide rings is 1. The van der Waals surface area contributed by atoms with E-state index in [2.05, 4.69) is 6.58 Å². The quantitative estimate of drug-likeness (QED) is 0.466. The zero-order chi connectivity index (χ0) is 7.56. The summed E-state index contributed by atoms with van der Waals surface area (Å²) in [6, 6.07) is 0. The second kappa shape index (κ2) is 2.84. The van der Waals surface area contributed by atoms with E-state index in [-0.39, 0.29) is 6.10 Å². The highest BCUT2D eigenvalue weighted by molar-refractivity contribution is 5.75.